The zero-order valence-electron chi connectivity index (χ0n) is 45.0. The Bertz CT molecular complexity index is 1230. The predicted molar refractivity (Wildman–Crippen MR) is 280 cm³/mol. The van der Waals surface area contributed by atoms with Crippen molar-refractivity contribution in [2.75, 3.05) is 33.0 Å². The molecule has 0 spiro atoms. The van der Waals surface area contributed by atoms with E-state index in [2.05, 4.69) is 26.0 Å². The number of ether oxygens (including phenoxy) is 6. The largest absolute Gasteiger partial charge is 0.457 e. The second-order valence-electron chi connectivity index (χ2n) is 20.8. The standard InChI is InChI=1S/C57H108O14/c1-3-5-7-9-11-13-15-17-19-20-21-22-23-24-25-26-27-28-30-32-34-36-38-40-49(59)69-46(43-66-41-39-37-35-33-31-29-18-16-14-12-10-8-6-4-2)44-67-56-55(65)53(63)51(61)48(71-56)45-68-57-54(64)52(62)50(60)47(42-58)70-57/h20-21,46-48,50-58,60-65H,3-19,22-45H2,1-2H3/b21-20-. The third-order valence-electron chi connectivity index (χ3n) is 14.3. The third-order valence-corrected chi connectivity index (χ3v) is 14.3. The molecule has 2 saturated heterocycles. The van der Waals surface area contributed by atoms with Crippen molar-refractivity contribution in [3.05, 3.63) is 12.2 Å². The molecule has 0 bridgehead atoms. The molecule has 2 fully saturated rings. The first kappa shape index (κ1) is 65.8. The summed E-state index contributed by atoms with van der Waals surface area (Å²) in [6.45, 7) is 3.74. The van der Waals surface area contributed by atoms with E-state index in [1.54, 1.807) is 0 Å². The van der Waals surface area contributed by atoms with Crippen molar-refractivity contribution >= 4 is 5.97 Å². The number of carbonyl (C=O) groups is 1. The molecule has 0 aliphatic carbocycles. The summed E-state index contributed by atoms with van der Waals surface area (Å²) >= 11 is 0. The van der Waals surface area contributed by atoms with Gasteiger partial charge in [-0.2, -0.15) is 0 Å². The van der Waals surface area contributed by atoms with Crippen LogP contribution in [-0.4, -0.2) is 142 Å². The van der Waals surface area contributed by atoms with E-state index in [9.17, 15) is 40.5 Å². The number of aliphatic hydroxyl groups excluding tert-OH is 7. The predicted octanol–water partition coefficient (Wildman–Crippen LogP) is 10.2. The molecule has 14 nitrogen and oxygen atoms in total. The molecule has 2 aliphatic heterocycles. The lowest BCUT2D eigenvalue weighted by molar-refractivity contribution is -0.332. The van der Waals surface area contributed by atoms with Gasteiger partial charge >= 0.3 is 5.97 Å². The molecule has 0 amide bonds. The molecule has 11 unspecified atom stereocenters. The normalized spacial score (nSPS) is 25.3. The first-order valence-corrected chi connectivity index (χ1v) is 29.3. The molecule has 7 N–H and O–H groups in total. The van der Waals surface area contributed by atoms with Crippen LogP contribution in [0.1, 0.15) is 245 Å². The number of hydrogen-bond donors (Lipinski definition) is 7. The molecular weight excluding hydrogens is 909 g/mol. The van der Waals surface area contributed by atoms with Gasteiger partial charge in [0.2, 0.25) is 0 Å². The molecule has 2 aliphatic rings. The summed E-state index contributed by atoms with van der Waals surface area (Å²) in [5, 5.41) is 72.3. The van der Waals surface area contributed by atoms with Crippen molar-refractivity contribution in [1.29, 1.82) is 0 Å². The van der Waals surface area contributed by atoms with Gasteiger partial charge in [-0.05, 0) is 38.5 Å². The van der Waals surface area contributed by atoms with Crippen LogP contribution in [0.25, 0.3) is 0 Å². The molecule has 0 aromatic carbocycles. The lowest BCUT2D eigenvalue weighted by Crippen LogP contribution is -2.61. The summed E-state index contributed by atoms with van der Waals surface area (Å²) in [7, 11) is 0. The van der Waals surface area contributed by atoms with Gasteiger partial charge in [0.1, 0.15) is 54.9 Å². The summed E-state index contributed by atoms with van der Waals surface area (Å²) < 4.78 is 34.4. The fourth-order valence-corrected chi connectivity index (χ4v) is 9.52. The van der Waals surface area contributed by atoms with Crippen LogP contribution in [0.5, 0.6) is 0 Å². The van der Waals surface area contributed by atoms with Crippen LogP contribution in [0.3, 0.4) is 0 Å². The van der Waals surface area contributed by atoms with Gasteiger partial charge in [0, 0.05) is 13.0 Å². The zero-order valence-corrected chi connectivity index (χ0v) is 45.0. The van der Waals surface area contributed by atoms with Crippen molar-refractivity contribution in [2.45, 2.75) is 313 Å². The minimum atomic E-state index is -1.70. The molecule has 11 atom stereocenters. The molecule has 2 heterocycles. The highest BCUT2D eigenvalue weighted by Gasteiger charge is 2.47. The first-order chi connectivity index (χ1) is 34.6. The maximum Gasteiger partial charge on any atom is 0.306 e. The molecule has 420 valence electrons. The number of carbonyl (C=O) groups excluding carboxylic acids is 1. The van der Waals surface area contributed by atoms with E-state index in [0.717, 1.165) is 38.5 Å². The van der Waals surface area contributed by atoms with Crippen molar-refractivity contribution in [2.24, 2.45) is 0 Å². The maximum atomic E-state index is 13.1. The lowest BCUT2D eigenvalue weighted by Gasteiger charge is -2.42. The van der Waals surface area contributed by atoms with Crippen molar-refractivity contribution < 1.29 is 69.0 Å². The van der Waals surface area contributed by atoms with Gasteiger partial charge < -0.3 is 64.2 Å². The quantitative estimate of drug-likeness (QED) is 0.0172. The number of esters is 1. The summed E-state index contributed by atoms with van der Waals surface area (Å²) in [5.74, 6) is -0.371. The van der Waals surface area contributed by atoms with E-state index in [4.69, 9.17) is 28.4 Å². The van der Waals surface area contributed by atoms with Gasteiger partial charge in [0.15, 0.2) is 12.6 Å². The number of unbranched alkanes of at least 4 members (excludes halogenated alkanes) is 32. The second kappa shape index (κ2) is 45.0. The van der Waals surface area contributed by atoms with E-state index < -0.39 is 80.7 Å². The Morgan fingerprint density at radius 2 is 0.831 bits per heavy atom. The zero-order chi connectivity index (χ0) is 51.6. The van der Waals surface area contributed by atoms with Crippen LogP contribution in [-0.2, 0) is 33.2 Å². The smallest absolute Gasteiger partial charge is 0.306 e. The fraction of sp³-hybridized carbons (Fsp3) is 0.947. The van der Waals surface area contributed by atoms with E-state index in [1.165, 1.54) is 180 Å². The molecule has 71 heavy (non-hydrogen) atoms. The van der Waals surface area contributed by atoms with Gasteiger partial charge in [-0.3, -0.25) is 4.79 Å². The molecule has 0 saturated carbocycles. The Labute approximate surface area is 431 Å². The number of allylic oxidation sites excluding steroid dienone is 2. The Balaban J connectivity index is 1.69. The molecule has 14 heteroatoms. The van der Waals surface area contributed by atoms with Gasteiger partial charge in [0.05, 0.1) is 26.4 Å². The van der Waals surface area contributed by atoms with Gasteiger partial charge in [-0.25, -0.2) is 0 Å². The van der Waals surface area contributed by atoms with E-state index in [-0.39, 0.29) is 25.6 Å². The minimum Gasteiger partial charge on any atom is -0.457 e. The third kappa shape index (κ3) is 32.0. The molecule has 0 aromatic rings. The highest BCUT2D eigenvalue weighted by molar-refractivity contribution is 5.69. The second-order valence-corrected chi connectivity index (χ2v) is 20.8. The fourth-order valence-electron chi connectivity index (χ4n) is 9.52. The molecule has 0 aromatic heterocycles. The van der Waals surface area contributed by atoms with Crippen molar-refractivity contribution in [1.82, 2.24) is 0 Å². The number of rotatable bonds is 48. The summed E-state index contributed by atoms with van der Waals surface area (Å²) in [4.78, 5) is 13.1. The van der Waals surface area contributed by atoms with Gasteiger partial charge in [-0.1, -0.05) is 212 Å². The van der Waals surface area contributed by atoms with Crippen LogP contribution < -0.4 is 0 Å². The average molecular weight is 1020 g/mol. The summed E-state index contributed by atoms with van der Waals surface area (Å²) in [6, 6.07) is 0. The number of aliphatic hydroxyl groups is 7. The topological polar surface area (TPSA) is 214 Å². The van der Waals surface area contributed by atoms with Gasteiger partial charge in [-0.15, -0.1) is 0 Å². The van der Waals surface area contributed by atoms with Crippen LogP contribution in [0.2, 0.25) is 0 Å². The first-order valence-electron chi connectivity index (χ1n) is 29.3. The molecule has 0 radical (unpaired) electrons. The van der Waals surface area contributed by atoms with Crippen LogP contribution in [0.15, 0.2) is 12.2 Å². The molecular formula is C57H108O14. The average Bonchev–Trinajstić information content (AvgIpc) is 3.37. The SMILES string of the molecule is CCCCCCCCCC/C=C\CCCCCCCCCCCCCC(=O)OC(COCCCCCCCCCCCCCCCC)COC1OC(COC2OC(CO)C(O)C(O)C2O)C(O)C(O)C1O. The highest BCUT2D eigenvalue weighted by Crippen LogP contribution is 2.27. The van der Waals surface area contributed by atoms with Crippen LogP contribution in [0, 0.1) is 0 Å². The van der Waals surface area contributed by atoms with Crippen LogP contribution >= 0.6 is 0 Å². The highest BCUT2D eigenvalue weighted by atomic mass is 16.7. The maximum absolute atomic E-state index is 13.1. The van der Waals surface area contributed by atoms with E-state index in [1.807, 2.05) is 0 Å². The summed E-state index contributed by atoms with van der Waals surface area (Å²) in [6.07, 6.45) is 32.7. The van der Waals surface area contributed by atoms with E-state index >= 15 is 0 Å². The van der Waals surface area contributed by atoms with Gasteiger partial charge in [0.25, 0.3) is 0 Å². The van der Waals surface area contributed by atoms with E-state index in [0.29, 0.717) is 13.0 Å². The van der Waals surface area contributed by atoms with Crippen molar-refractivity contribution in [3.8, 4) is 0 Å². The Morgan fingerprint density at radius 1 is 0.451 bits per heavy atom. The molecule has 2 rings (SSSR count). The Hall–Kier alpha value is -1.27. The lowest BCUT2D eigenvalue weighted by atomic mass is 9.98. The Kier molecular flexibility index (Phi) is 41.7. The Morgan fingerprint density at radius 3 is 1.28 bits per heavy atom. The van der Waals surface area contributed by atoms with Crippen molar-refractivity contribution in [3.63, 3.8) is 0 Å². The summed E-state index contributed by atoms with van der Waals surface area (Å²) in [5.41, 5.74) is 0. The van der Waals surface area contributed by atoms with Crippen LogP contribution in [0.4, 0.5) is 0 Å². The number of hydrogen-bond acceptors (Lipinski definition) is 14. The monoisotopic (exact) mass is 1020 g/mol. The minimum absolute atomic E-state index is 0.0677.